The van der Waals surface area contributed by atoms with Crippen LogP contribution < -0.4 is 5.32 Å². The van der Waals surface area contributed by atoms with Gasteiger partial charge in [0.1, 0.15) is 0 Å². The molecule has 2 unspecified atom stereocenters. The van der Waals surface area contributed by atoms with Gasteiger partial charge in [-0.3, -0.25) is 4.79 Å². The summed E-state index contributed by atoms with van der Waals surface area (Å²) in [5.41, 5.74) is 0. The maximum atomic E-state index is 12.6. The SMILES string of the molecule is O=C(CC1CSCCN1)N1CCCC(CN2CCCCCC2)C1. The molecule has 3 fully saturated rings. The van der Waals surface area contributed by atoms with Crippen molar-refractivity contribution >= 4 is 17.7 Å². The number of hydrogen-bond donors (Lipinski definition) is 1. The molecule has 23 heavy (non-hydrogen) atoms. The van der Waals surface area contributed by atoms with Crippen molar-refractivity contribution in [2.75, 3.05) is 50.8 Å². The lowest BCUT2D eigenvalue weighted by Crippen LogP contribution is -2.47. The predicted molar refractivity (Wildman–Crippen MR) is 97.9 cm³/mol. The number of hydrogen-bond acceptors (Lipinski definition) is 4. The Hall–Kier alpha value is -0.260. The Balaban J connectivity index is 1.44. The summed E-state index contributed by atoms with van der Waals surface area (Å²) < 4.78 is 0. The van der Waals surface area contributed by atoms with Crippen LogP contribution in [0.25, 0.3) is 0 Å². The van der Waals surface area contributed by atoms with E-state index in [4.69, 9.17) is 0 Å². The van der Waals surface area contributed by atoms with Crippen LogP contribution in [-0.4, -0.2) is 72.5 Å². The summed E-state index contributed by atoms with van der Waals surface area (Å²) in [6.45, 7) is 6.78. The fraction of sp³-hybridized carbons (Fsp3) is 0.944. The number of rotatable bonds is 4. The third kappa shape index (κ3) is 5.64. The van der Waals surface area contributed by atoms with Crippen LogP contribution in [0.2, 0.25) is 0 Å². The van der Waals surface area contributed by atoms with Crippen molar-refractivity contribution in [2.45, 2.75) is 51.0 Å². The van der Waals surface area contributed by atoms with Gasteiger partial charge in [0.15, 0.2) is 0 Å². The minimum Gasteiger partial charge on any atom is -0.342 e. The van der Waals surface area contributed by atoms with Gasteiger partial charge in [-0.25, -0.2) is 0 Å². The number of likely N-dealkylation sites (tertiary alicyclic amines) is 2. The monoisotopic (exact) mass is 339 g/mol. The van der Waals surface area contributed by atoms with E-state index in [0.29, 0.717) is 24.3 Å². The molecule has 1 amide bonds. The van der Waals surface area contributed by atoms with Crippen LogP contribution >= 0.6 is 11.8 Å². The number of carbonyl (C=O) groups is 1. The molecule has 3 aliphatic heterocycles. The Labute approximate surface area is 145 Å². The second-order valence-corrected chi connectivity index (χ2v) is 8.64. The molecule has 3 rings (SSSR count). The Morgan fingerprint density at radius 3 is 2.65 bits per heavy atom. The fourth-order valence-electron chi connectivity index (χ4n) is 4.22. The van der Waals surface area contributed by atoms with E-state index in [-0.39, 0.29) is 0 Å². The molecule has 0 bridgehead atoms. The van der Waals surface area contributed by atoms with E-state index < -0.39 is 0 Å². The molecule has 2 atom stereocenters. The molecule has 3 saturated heterocycles. The summed E-state index contributed by atoms with van der Waals surface area (Å²) in [6, 6.07) is 0.396. The lowest BCUT2D eigenvalue weighted by atomic mass is 9.96. The average Bonchev–Trinajstić information content (AvgIpc) is 2.85. The number of nitrogens with zero attached hydrogens (tertiary/aromatic N) is 2. The molecule has 1 N–H and O–H groups in total. The maximum Gasteiger partial charge on any atom is 0.224 e. The first kappa shape index (κ1) is 17.6. The average molecular weight is 340 g/mol. The summed E-state index contributed by atoms with van der Waals surface area (Å²) in [4.78, 5) is 17.4. The van der Waals surface area contributed by atoms with Crippen molar-refractivity contribution < 1.29 is 4.79 Å². The van der Waals surface area contributed by atoms with Crippen molar-refractivity contribution in [2.24, 2.45) is 5.92 Å². The van der Waals surface area contributed by atoms with Crippen molar-refractivity contribution in [3.63, 3.8) is 0 Å². The van der Waals surface area contributed by atoms with Gasteiger partial charge in [0.05, 0.1) is 0 Å². The Morgan fingerprint density at radius 1 is 1.09 bits per heavy atom. The maximum absolute atomic E-state index is 12.6. The number of carbonyl (C=O) groups excluding carboxylic acids is 1. The van der Waals surface area contributed by atoms with Crippen molar-refractivity contribution in [1.82, 2.24) is 15.1 Å². The molecule has 132 valence electrons. The number of piperidine rings is 1. The van der Waals surface area contributed by atoms with Crippen LogP contribution in [0.5, 0.6) is 0 Å². The van der Waals surface area contributed by atoms with Crippen LogP contribution in [0, 0.1) is 5.92 Å². The number of nitrogens with one attached hydrogen (secondary N) is 1. The normalized spacial score (nSPS) is 30.9. The number of amides is 1. The first-order valence-electron chi connectivity index (χ1n) is 9.62. The van der Waals surface area contributed by atoms with Gasteiger partial charge < -0.3 is 15.1 Å². The minimum absolute atomic E-state index is 0.380. The van der Waals surface area contributed by atoms with Crippen molar-refractivity contribution in [3.8, 4) is 0 Å². The van der Waals surface area contributed by atoms with E-state index >= 15 is 0 Å². The molecular weight excluding hydrogens is 306 g/mol. The molecule has 0 aromatic rings. The third-order valence-corrected chi connectivity index (χ3v) is 6.64. The summed E-state index contributed by atoms with van der Waals surface area (Å²) in [5, 5.41) is 3.50. The molecule has 0 aromatic heterocycles. The first-order valence-corrected chi connectivity index (χ1v) is 10.8. The zero-order valence-electron chi connectivity index (χ0n) is 14.5. The summed E-state index contributed by atoms with van der Waals surface area (Å²) in [6.07, 6.45) is 8.72. The zero-order chi connectivity index (χ0) is 15.9. The highest BCUT2D eigenvalue weighted by atomic mass is 32.2. The van der Waals surface area contributed by atoms with Crippen LogP contribution in [0.1, 0.15) is 44.9 Å². The van der Waals surface area contributed by atoms with Gasteiger partial charge in [0.2, 0.25) is 5.91 Å². The predicted octanol–water partition coefficient (Wildman–Crippen LogP) is 2.20. The standard InChI is InChI=1S/C18H33N3OS/c22-18(12-17-15-23-11-7-19-17)21-10-5-6-16(14-21)13-20-8-3-1-2-4-9-20/h16-17,19H,1-15H2. The van der Waals surface area contributed by atoms with Crippen LogP contribution in [0.15, 0.2) is 0 Å². The highest BCUT2D eigenvalue weighted by Crippen LogP contribution is 2.21. The van der Waals surface area contributed by atoms with Crippen LogP contribution in [0.4, 0.5) is 0 Å². The fourth-order valence-corrected chi connectivity index (χ4v) is 5.16. The van der Waals surface area contributed by atoms with Crippen molar-refractivity contribution in [3.05, 3.63) is 0 Å². The largest absolute Gasteiger partial charge is 0.342 e. The molecule has 3 aliphatic rings. The Bertz CT molecular complexity index is 365. The topological polar surface area (TPSA) is 35.6 Å². The summed E-state index contributed by atoms with van der Waals surface area (Å²) in [7, 11) is 0. The zero-order valence-corrected chi connectivity index (χ0v) is 15.3. The molecule has 5 heteroatoms. The van der Waals surface area contributed by atoms with Gasteiger partial charge in [0, 0.05) is 50.1 Å². The molecule has 0 aromatic carbocycles. The molecule has 0 radical (unpaired) electrons. The first-order chi connectivity index (χ1) is 11.3. The van der Waals surface area contributed by atoms with Crippen LogP contribution in [0.3, 0.4) is 0 Å². The lowest BCUT2D eigenvalue weighted by molar-refractivity contribution is -0.133. The van der Waals surface area contributed by atoms with E-state index in [1.807, 2.05) is 11.8 Å². The van der Waals surface area contributed by atoms with Crippen molar-refractivity contribution in [1.29, 1.82) is 0 Å². The van der Waals surface area contributed by atoms with Gasteiger partial charge in [-0.05, 0) is 44.7 Å². The van der Waals surface area contributed by atoms with Gasteiger partial charge in [-0.15, -0.1) is 0 Å². The van der Waals surface area contributed by atoms with E-state index in [1.54, 1.807) is 0 Å². The smallest absolute Gasteiger partial charge is 0.224 e. The third-order valence-electron chi connectivity index (χ3n) is 5.51. The second kappa shape index (κ2) is 9.28. The summed E-state index contributed by atoms with van der Waals surface area (Å²) >= 11 is 1.98. The quantitative estimate of drug-likeness (QED) is 0.852. The second-order valence-electron chi connectivity index (χ2n) is 7.49. The molecule has 3 heterocycles. The van der Waals surface area contributed by atoms with Gasteiger partial charge in [-0.1, -0.05) is 12.8 Å². The van der Waals surface area contributed by atoms with Gasteiger partial charge >= 0.3 is 0 Å². The van der Waals surface area contributed by atoms with E-state index in [0.717, 1.165) is 25.4 Å². The lowest BCUT2D eigenvalue weighted by Gasteiger charge is -2.36. The highest BCUT2D eigenvalue weighted by molar-refractivity contribution is 7.99. The van der Waals surface area contributed by atoms with Gasteiger partial charge in [-0.2, -0.15) is 11.8 Å². The summed E-state index contributed by atoms with van der Waals surface area (Å²) in [5.74, 6) is 3.35. The Morgan fingerprint density at radius 2 is 1.91 bits per heavy atom. The van der Waals surface area contributed by atoms with Gasteiger partial charge in [0.25, 0.3) is 0 Å². The molecule has 4 nitrogen and oxygen atoms in total. The molecule has 0 aliphatic carbocycles. The van der Waals surface area contributed by atoms with E-state index in [9.17, 15) is 4.79 Å². The molecule has 0 saturated carbocycles. The van der Waals surface area contributed by atoms with E-state index in [1.165, 1.54) is 63.9 Å². The number of thioether (sulfide) groups is 1. The Kier molecular flexibility index (Phi) is 7.09. The van der Waals surface area contributed by atoms with E-state index in [2.05, 4.69) is 15.1 Å². The highest BCUT2D eigenvalue weighted by Gasteiger charge is 2.27. The van der Waals surface area contributed by atoms with Crippen LogP contribution in [-0.2, 0) is 4.79 Å². The minimum atomic E-state index is 0.380. The molecular formula is C18H33N3OS. The molecule has 0 spiro atoms.